The maximum atomic E-state index is 11.9. The van der Waals surface area contributed by atoms with Crippen molar-refractivity contribution in [2.45, 2.75) is 32.4 Å². The minimum absolute atomic E-state index is 0.191. The van der Waals surface area contributed by atoms with Crippen LogP contribution in [0.2, 0.25) is 0 Å². The van der Waals surface area contributed by atoms with Gasteiger partial charge in [0.05, 0.1) is 13.0 Å². The van der Waals surface area contributed by atoms with Crippen molar-refractivity contribution in [3.8, 4) is 5.75 Å². The van der Waals surface area contributed by atoms with Crippen LogP contribution in [0.3, 0.4) is 0 Å². The number of rotatable bonds is 7. The number of hydrogen-bond acceptors (Lipinski definition) is 4. The van der Waals surface area contributed by atoms with Crippen LogP contribution in [0.25, 0.3) is 0 Å². The molecule has 0 aliphatic carbocycles. The third-order valence-electron chi connectivity index (χ3n) is 3.62. The molecule has 1 fully saturated rings. The van der Waals surface area contributed by atoms with Gasteiger partial charge in [-0.2, -0.15) is 0 Å². The van der Waals surface area contributed by atoms with Crippen LogP contribution in [0.4, 0.5) is 0 Å². The Kier molecular flexibility index (Phi) is 5.77. The molecule has 6 nitrogen and oxygen atoms in total. The topological polar surface area (TPSA) is 78.9 Å². The van der Waals surface area contributed by atoms with Gasteiger partial charge in [0.2, 0.25) is 5.91 Å². The molecule has 120 valence electrons. The molecule has 1 amide bonds. The Morgan fingerprint density at radius 1 is 1.45 bits per heavy atom. The first-order chi connectivity index (χ1) is 10.6. The van der Waals surface area contributed by atoms with Gasteiger partial charge in [-0.15, -0.1) is 0 Å². The third-order valence-corrected chi connectivity index (χ3v) is 3.62. The average molecular weight is 306 g/mol. The van der Waals surface area contributed by atoms with Crippen LogP contribution >= 0.6 is 0 Å². The van der Waals surface area contributed by atoms with Gasteiger partial charge in [0.15, 0.2) is 0 Å². The van der Waals surface area contributed by atoms with Crippen molar-refractivity contribution in [2.24, 2.45) is 0 Å². The molecule has 0 saturated carbocycles. The number of aliphatic carboxylic acids is 1. The van der Waals surface area contributed by atoms with Gasteiger partial charge in [-0.3, -0.25) is 14.5 Å². The Morgan fingerprint density at radius 2 is 2.23 bits per heavy atom. The van der Waals surface area contributed by atoms with E-state index in [9.17, 15) is 9.59 Å². The summed E-state index contributed by atoms with van der Waals surface area (Å²) in [4.78, 5) is 24.8. The zero-order valence-electron chi connectivity index (χ0n) is 12.7. The van der Waals surface area contributed by atoms with E-state index in [1.165, 1.54) is 0 Å². The summed E-state index contributed by atoms with van der Waals surface area (Å²) in [5.74, 6) is -0.396. The van der Waals surface area contributed by atoms with E-state index in [0.717, 1.165) is 17.7 Å². The molecule has 0 bridgehead atoms. The largest absolute Gasteiger partial charge is 0.493 e. The van der Waals surface area contributed by atoms with Crippen LogP contribution in [0.15, 0.2) is 24.3 Å². The normalized spacial score (nSPS) is 18.8. The van der Waals surface area contributed by atoms with E-state index in [1.807, 2.05) is 36.1 Å². The molecule has 1 saturated heterocycles. The van der Waals surface area contributed by atoms with Crippen molar-refractivity contribution >= 4 is 11.9 Å². The van der Waals surface area contributed by atoms with Crippen LogP contribution in [0.1, 0.15) is 25.3 Å². The van der Waals surface area contributed by atoms with Gasteiger partial charge in [0, 0.05) is 25.2 Å². The second-order valence-corrected chi connectivity index (χ2v) is 5.33. The standard InChI is InChI=1S/C16H22N2O4/c1-2-9-22-14-6-4-3-5-12(14)11-18-8-7-17-16(21)13(18)10-15(19)20/h3-6,13H,2,7-11H2,1H3,(H,17,21)(H,19,20). The van der Waals surface area contributed by atoms with Crippen LogP contribution in [-0.2, 0) is 16.1 Å². The number of amides is 1. The Morgan fingerprint density at radius 3 is 2.95 bits per heavy atom. The predicted molar refractivity (Wildman–Crippen MR) is 81.7 cm³/mol. The van der Waals surface area contributed by atoms with Gasteiger partial charge in [-0.05, 0) is 12.5 Å². The van der Waals surface area contributed by atoms with Gasteiger partial charge < -0.3 is 15.2 Å². The summed E-state index contributed by atoms with van der Waals surface area (Å²) < 4.78 is 5.73. The molecular formula is C16H22N2O4. The molecule has 6 heteroatoms. The number of carbonyl (C=O) groups excluding carboxylic acids is 1. The molecule has 22 heavy (non-hydrogen) atoms. The second-order valence-electron chi connectivity index (χ2n) is 5.33. The number of ether oxygens (including phenoxy) is 1. The highest BCUT2D eigenvalue weighted by atomic mass is 16.5. The third kappa shape index (κ3) is 4.21. The lowest BCUT2D eigenvalue weighted by atomic mass is 10.1. The maximum absolute atomic E-state index is 11.9. The highest BCUT2D eigenvalue weighted by Gasteiger charge is 2.31. The van der Waals surface area contributed by atoms with Gasteiger partial charge in [-0.25, -0.2) is 0 Å². The molecule has 1 atom stereocenters. The van der Waals surface area contributed by atoms with Crippen molar-refractivity contribution < 1.29 is 19.4 Å². The highest BCUT2D eigenvalue weighted by molar-refractivity contribution is 5.86. The minimum atomic E-state index is -0.970. The predicted octanol–water partition coefficient (Wildman–Crippen LogP) is 1.25. The van der Waals surface area contributed by atoms with E-state index in [2.05, 4.69) is 5.32 Å². The van der Waals surface area contributed by atoms with Gasteiger partial charge in [0.1, 0.15) is 11.8 Å². The van der Waals surface area contributed by atoms with E-state index < -0.39 is 12.0 Å². The number of nitrogens with one attached hydrogen (secondary N) is 1. The van der Waals surface area contributed by atoms with E-state index in [0.29, 0.717) is 26.2 Å². The first-order valence-corrected chi connectivity index (χ1v) is 7.56. The number of nitrogens with zero attached hydrogens (tertiary/aromatic N) is 1. The molecule has 1 heterocycles. The zero-order valence-corrected chi connectivity index (χ0v) is 12.7. The smallest absolute Gasteiger partial charge is 0.305 e. The lowest BCUT2D eigenvalue weighted by molar-refractivity contribution is -0.143. The Hall–Kier alpha value is -2.08. The number of benzene rings is 1. The Labute approximate surface area is 130 Å². The van der Waals surface area contributed by atoms with Crippen molar-refractivity contribution in [1.29, 1.82) is 0 Å². The molecule has 2 N–H and O–H groups in total. The fourth-order valence-electron chi connectivity index (χ4n) is 2.54. The molecule has 1 aliphatic rings. The quantitative estimate of drug-likeness (QED) is 0.792. The summed E-state index contributed by atoms with van der Waals surface area (Å²) in [6.45, 7) is 4.35. The molecule has 2 rings (SSSR count). The molecular weight excluding hydrogens is 284 g/mol. The molecule has 1 aliphatic heterocycles. The Bertz CT molecular complexity index is 533. The first-order valence-electron chi connectivity index (χ1n) is 7.56. The molecule has 1 aromatic rings. The molecule has 1 aromatic carbocycles. The maximum Gasteiger partial charge on any atom is 0.305 e. The van der Waals surface area contributed by atoms with Crippen LogP contribution in [0.5, 0.6) is 5.75 Å². The van der Waals surface area contributed by atoms with Crippen LogP contribution < -0.4 is 10.1 Å². The average Bonchev–Trinajstić information content (AvgIpc) is 2.49. The van der Waals surface area contributed by atoms with Crippen LogP contribution in [0, 0.1) is 0 Å². The summed E-state index contributed by atoms with van der Waals surface area (Å²) in [6, 6.07) is 7.05. The number of carboxylic acid groups (broad SMARTS) is 1. The molecule has 0 aromatic heterocycles. The van der Waals surface area contributed by atoms with Gasteiger partial charge in [-0.1, -0.05) is 25.1 Å². The van der Waals surface area contributed by atoms with Crippen molar-refractivity contribution in [3.05, 3.63) is 29.8 Å². The van der Waals surface area contributed by atoms with E-state index in [1.54, 1.807) is 0 Å². The molecule has 1 unspecified atom stereocenters. The van der Waals surface area contributed by atoms with Crippen molar-refractivity contribution in [3.63, 3.8) is 0 Å². The summed E-state index contributed by atoms with van der Waals surface area (Å²) in [5, 5.41) is 11.7. The summed E-state index contributed by atoms with van der Waals surface area (Å²) in [6.07, 6.45) is 0.728. The number of para-hydroxylation sites is 1. The fraction of sp³-hybridized carbons (Fsp3) is 0.500. The minimum Gasteiger partial charge on any atom is -0.493 e. The lowest BCUT2D eigenvalue weighted by Crippen LogP contribution is -2.55. The zero-order chi connectivity index (χ0) is 15.9. The van der Waals surface area contributed by atoms with Crippen LogP contribution in [-0.4, -0.2) is 47.6 Å². The number of piperazine rings is 1. The molecule has 0 radical (unpaired) electrons. The fourth-order valence-corrected chi connectivity index (χ4v) is 2.54. The Balaban J connectivity index is 2.13. The lowest BCUT2D eigenvalue weighted by Gasteiger charge is -2.34. The summed E-state index contributed by atoms with van der Waals surface area (Å²) in [5.41, 5.74) is 0.973. The van der Waals surface area contributed by atoms with Gasteiger partial charge in [0.25, 0.3) is 0 Å². The summed E-state index contributed by atoms with van der Waals surface area (Å²) >= 11 is 0. The van der Waals surface area contributed by atoms with E-state index in [4.69, 9.17) is 9.84 Å². The summed E-state index contributed by atoms with van der Waals surface area (Å²) in [7, 11) is 0. The molecule has 0 spiro atoms. The van der Waals surface area contributed by atoms with Gasteiger partial charge >= 0.3 is 5.97 Å². The van der Waals surface area contributed by atoms with Crippen molar-refractivity contribution in [2.75, 3.05) is 19.7 Å². The first kappa shape index (κ1) is 16.3. The SMILES string of the molecule is CCCOc1ccccc1CN1CCNC(=O)C1CC(=O)O. The number of carbonyl (C=O) groups is 2. The highest BCUT2D eigenvalue weighted by Crippen LogP contribution is 2.22. The second kappa shape index (κ2) is 7.79. The van der Waals surface area contributed by atoms with E-state index in [-0.39, 0.29) is 12.3 Å². The number of carboxylic acids is 1. The monoisotopic (exact) mass is 306 g/mol. The number of hydrogen-bond donors (Lipinski definition) is 2. The van der Waals surface area contributed by atoms with E-state index >= 15 is 0 Å². The van der Waals surface area contributed by atoms with Crippen molar-refractivity contribution in [1.82, 2.24) is 10.2 Å².